The molecule has 0 radical (unpaired) electrons. The summed E-state index contributed by atoms with van der Waals surface area (Å²) in [5, 5.41) is 3.12. The number of likely N-dealkylation sites (N-methyl/N-ethyl adjacent to an activating group) is 1. The average Bonchev–Trinajstić information content (AvgIpc) is 3.22. The zero-order chi connectivity index (χ0) is 14.6. The Hall–Kier alpha value is -1.07. The third-order valence-electron chi connectivity index (χ3n) is 3.68. The van der Waals surface area contributed by atoms with E-state index in [0.29, 0.717) is 11.6 Å². The van der Waals surface area contributed by atoms with Crippen molar-refractivity contribution in [3.63, 3.8) is 0 Å². The van der Waals surface area contributed by atoms with Crippen LogP contribution in [0.15, 0.2) is 24.3 Å². The molecule has 0 amide bonds. The van der Waals surface area contributed by atoms with Crippen molar-refractivity contribution >= 4 is 0 Å². The zero-order valence-corrected chi connectivity index (χ0v) is 11.7. The van der Waals surface area contributed by atoms with Crippen LogP contribution < -0.4 is 5.32 Å². The van der Waals surface area contributed by atoms with Crippen molar-refractivity contribution in [3.8, 4) is 0 Å². The molecule has 1 aromatic rings. The first-order valence-corrected chi connectivity index (χ1v) is 7.12. The molecule has 20 heavy (non-hydrogen) atoms. The summed E-state index contributed by atoms with van der Waals surface area (Å²) >= 11 is 0. The number of hydrogen-bond donors (Lipinski definition) is 1. The highest BCUT2D eigenvalue weighted by Gasteiger charge is 2.32. The van der Waals surface area contributed by atoms with Gasteiger partial charge in [0.15, 0.2) is 0 Å². The maximum absolute atomic E-state index is 12.8. The van der Waals surface area contributed by atoms with Gasteiger partial charge < -0.3 is 5.32 Å². The van der Waals surface area contributed by atoms with Crippen LogP contribution >= 0.6 is 0 Å². The van der Waals surface area contributed by atoms with E-state index in [-0.39, 0.29) is 6.54 Å². The minimum absolute atomic E-state index is 0.262. The molecule has 2 nitrogen and oxygen atoms in total. The predicted octanol–water partition coefficient (Wildman–Crippen LogP) is 3.28. The summed E-state index contributed by atoms with van der Waals surface area (Å²) in [7, 11) is 0. The summed E-state index contributed by atoms with van der Waals surface area (Å²) in [5.74, 6) is 0. The van der Waals surface area contributed by atoms with Crippen LogP contribution in [0.1, 0.15) is 30.9 Å². The molecule has 2 rings (SSSR count). The standard InChI is InChI=1S/C15H21F3N2/c1-2-20(13-7-8-13)10-9-19-11-12-5-3-4-6-14(12)15(16,17)18/h3-6,13,19H,2,7-11H2,1H3. The summed E-state index contributed by atoms with van der Waals surface area (Å²) in [4.78, 5) is 2.38. The van der Waals surface area contributed by atoms with Gasteiger partial charge in [0.1, 0.15) is 0 Å². The number of nitrogens with one attached hydrogen (secondary N) is 1. The van der Waals surface area contributed by atoms with Crippen molar-refractivity contribution < 1.29 is 13.2 Å². The number of halogens is 3. The van der Waals surface area contributed by atoms with E-state index in [1.165, 1.54) is 25.0 Å². The lowest BCUT2D eigenvalue weighted by atomic mass is 10.1. The lowest BCUT2D eigenvalue weighted by Crippen LogP contribution is -2.33. The number of benzene rings is 1. The zero-order valence-electron chi connectivity index (χ0n) is 11.7. The fraction of sp³-hybridized carbons (Fsp3) is 0.600. The van der Waals surface area contributed by atoms with E-state index in [1.54, 1.807) is 6.07 Å². The van der Waals surface area contributed by atoms with Crippen LogP contribution in [0.3, 0.4) is 0 Å². The van der Waals surface area contributed by atoms with Gasteiger partial charge in [-0.05, 0) is 31.0 Å². The second-order valence-corrected chi connectivity index (χ2v) is 5.19. The van der Waals surface area contributed by atoms with E-state index in [0.717, 1.165) is 25.7 Å². The summed E-state index contributed by atoms with van der Waals surface area (Å²) in [6.45, 7) is 5.01. The highest BCUT2D eigenvalue weighted by Crippen LogP contribution is 2.31. The molecule has 0 bridgehead atoms. The average molecular weight is 286 g/mol. The third kappa shape index (κ3) is 4.21. The number of nitrogens with zero attached hydrogens (tertiary/aromatic N) is 1. The van der Waals surface area contributed by atoms with Gasteiger partial charge >= 0.3 is 6.18 Å². The van der Waals surface area contributed by atoms with Gasteiger partial charge in [0.25, 0.3) is 0 Å². The lowest BCUT2D eigenvalue weighted by Gasteiger charge is -2.20. The first-order valence-electron chi connectivity index (χ1n) is 7.12. The molecule has 1 N–H and O–H groups in total. The van der Waals surface area contributed by atoms with Gasteiger partial charge in [-0.15, -0.1) is 0 Å². The van der Waals surface area contributed by atoms with Gasteiger partial charge in [0.05, 0.1) is 5.56 Å². The highest BCUT2D eigenvalue weighted by molar-refractivity contribution is 5.29. The molecule has 112 valence electrons. The molecule has 0 aliphatic heterocycles. The quantitative estimate of drug-likeness (QED) is 0.774. The topological polar surface area (TPSA) is 15.3 Å². The first kappa shape index (κ1) is 15.3. The van der Waals surface area contributed by atoms with Crippen molar-refractivity contribution in [1.29, 1.82) is 0 Å². The largest absolute Gasteiger partial charge is 0.416 e. The summed E-state index contributed by atoms with van der Waals surface area (Å²) in [5.41, 5.74) is -0.225. The molecule has 1 aliphatic carbocycles. The van der Waals surface area contributed by atoms with Crippen LogP contribution in [0.5, 0.6) is 0 Å². The molecule has 0 spiro atoms. The van der Waals surface area contributed by atoms with Gasteiger partial charge in [-0.3, -0.25) is 4.90 Å². The Labute approximate surface area is 118 Å². The van der Waals surface area contributed by atoms with Crippen LogP contribution in [0.4, 0.5) is 13.2 Å². The van der Waals surface area contributed by atoms with Crippen LogP contribution in [-0.4, -0.2) is 30.6 Å². The first-order chi connectivity index (χ1) is 9.52. The van der Waals surface area contributed by atoms with Crippen LogP contribution in [0.25, 0.3) is 0 Å². The highest BCUT2D eigenvalue weighted by atomic mass is 19.4. The molecule has 0 unspecified atom stereocenters. The van der Waals surface area contributed by atoms with Crippen LogP contribution in [-0.2, 0) is 12.7 Å². The molecular formula is C15H21F3N2. The second kappa shape index (κ2) is 6.59. The monoisotopic (exact) mass is 286 g/mol. The van der Waals surface area contributed by atoms with Crippen molar-refractivity contribution in [3.05, 3.63) is 35.4 Å². The van der Waals surface area contributed by atoms with Crippen molar-refractivity contribution in [2.45, 2.75) is 38.5 Å². The Morgan fingerprint density at radius 3 is 2.55 bits per heavy atom. The van der Waals surface area contributed by atoms with E-state index < -0.39 is 11.7 Å². The summed E-state index contributed by atoms with van der Waals surface area (Å²) in [6, 6.07) is 6.45. The second-order valence-electron chi connectivity index (χ2n) is 5.19. The van der Waals surface area contributed by atoms with Gasteiger partial charge in [0.2, 0.25) is 0 Å². The van der Waals surface area contributed by atoms with Crippen LogP contribution in [0.2, 0.25) is 0 Å². The molecule has 0 aromatic heterocycles. The maximum atomic E-state index is 12.8. The van der Waals surface area contributed by atoms with Gasteiger partial charge in [-0.25, -0.2) is 0 Å². The third-order valence-corrected chi connectivity index (χ3v) is 3.68. The minimum atomic E-state index is -4.28. The van der Waals surface area contributed by atoms with E-state index in [4.69, 9.17) is 0 Å². The van der Waals surface area contributed by atoms with Gasteiger partial charge in [-0.2, -0.15) is 13.2 Å². The number of alkyl halides is 3. The normalized spacial score (nSPS) is 15.8. The molecule has 1 aromatic carbocycles. The Bertz CT molecular complexity index is 427. The van der Waals surface area contributed by atoms with Crippen molar-refractivity contribution in [2.75, 3.05) is 19.6 Å². The molecule has 5 heteroatoms. The smallest absolute Gasteiger partial charge is 0.311 e. The fourth-order valence-electron chi connectivity index (χ4n) is 2.44. The van der Waals surface area contributed by atoms with Crippen molar-refractivity contribution in [1.82, 2.24) is 10.2 Å². The fourth-order valence-corrected chi connectivity index (χ4v) is 2.44. The molecular weight excluding hydrogens is 265 g/mol. The minimum Gasteiger partial charge on any atom is -0.311 e. The lowest BCUT2D eigenvalue weighted by molar-refractivity contribution is -0.138. The van der Waals surface area contributed by atoms with Gasteiger partial charge in [-0.1, -0.05) is 25.1 Å². The maximum Gasteiger partial charge on any atom is 0.416 e. The van der Waals surface area contributed by atoms with E-state index >= 15 is 0 Å². The molecule has 0 saturated heterocycles. The molecule has 0 heterocycles. The SMILES string of the molecule is CCN(CCNCc1ccccc1C(F)(F)F)C1CC1. The molecule has 1 fully saturated rings. The van der Waals surface area contributed by atoms with E-state index in [2.05, 4.69) is 17.1 Å². The Kier molecular flexibility index (Phi) is 5.05. The Morgan fingerprint density at radius 1 is 1.25 bits per heavy atom. The summed E-state index contributed by atoms with van der Waals surface area (Å²) < 4.78 is 38.5. The Balaban J connectivity index is 1.82. The van der Waals surface area contributed by atoms with Gasteiger partial charge in [0, 0.05) is 25.7 Å². The predicted molar refractivity (Wildman–Crippen MR) is 73.4 cm³/mol. The van der Waals surface area contributed by atoms with E-state index in [1.807, 2.05) is 0 Å². The van der Waals surface area contributed by atoms with Crippen LogP contribution in [0, 0.1) is 0 Å². The van der Waals surface area contributed by atoms with Crippen molar-refractivity contribution in [2.24, 2.45) is 0 Å². The number of rotatable bonds is 7. The van der Waals surface area contributed by atoms with E-state index in [9.17, 15) is 13.2 Å². The summed E-state index contributed by atoms with van der Waals surface area (Å²) in [6.07, 6.45) is -1.77. The number of hydrogen-bond acceptors (Lipinski definition) is 2. The molecule has 0 atom stereocenters. The molecule has 1 aliphatic rings. The molecule has 1 saturated carbocycles. The Morgan fingerprint density at radius 2 is 1.95 bits per heavy atom.